The van der Waals surface area contributed by atoms with E-state index in [1.807, 2.05) is 24.3 Å². The molecule has 0 aromatic heterocycles. The molecule has 0 saturated carbocycles. The van der Waals surface area contributed by atoms with Crippen molar-refractivity contribution in [2.45, 2.75) is 25.0 Å². The van der Waals surface area contributed by atoms with Crippen LogP contribution in [0.25, 0.3) is 0 Å². The molecule has 0 spiro atoms. The second kappa shape index (κ2) is 7.13. The van der Waals surface area contributed by atoms with Crippen LogP contribution in [-0.2, 0) is 12.8 Å². The van der Waals surface area contributed by atoms with Gasteiger partial charge in [0, 0.05) is 11.8 Å². The lowest BCUT2D eigenvalue weighted by Crippen LogP contribution is -2.13. The van der Waals surface area contributed by atoms with Gasteiger partial charge in [-0.25, -0.2) is 0 Å². The zero-order valence-corrected chi connectivity index (χ0v) is 10.5. The molecule has 0 aliphatic rings. The molecule has 90 valence electrons. The highest BCUT2D eigenvalue weighted by Gasteiger charge is 2.06. The minimum atomic E-state index is -0.499. The summed E-state index contributed by atoms with van der Waals surface area (Å²) in [6.07, 6.45) is 0.117. The number of aliphatic hydroxyl groups excluding tert-OH is 2. The summed E-state index contributed by atoms with van der Waals surface area (Å²) in [6, 6.07) is 7.75. The molecule has 2 unspecified atom stereocenters. The number of hydrogen-bond acceptors (Lipinski definition) is 2. The summed E-state index contributed by atoms with van der Waals surface area (Å²) in [5.74, 6) is 0.486. The summed E-state index contributed by atoms with van der Waals surface area (Å²) in [7, 11) is 0. The third kappa shape index (κ3) is 4.71. The fourth-order valence-electron chi connectivity index (χ4n) is 1.46. The van der Waals surface area contributed by atoms with E-state index in [1.165, 1.54) is 0 Å². The van der Waals surface area contributed by atoms with E-state index in [1.54, 1.807) is 0 Å². The van der Waals surface area contributed by atoms with Gasteiger partial charge in [0.1, 0.15) is 0 Å². The largest absolute Gasteiger partial charge is 0.392 e. The number of benzene rings is 1. The van der Waals surface area contributed by atoms with Crippen LogP contribution in [0.2, 0.25) is 0 Å². The lowest BCUT2D eigenvalue weighted by molar-refractivity contribution is 0.197. The van der Waals surface area contributed by atoms with Gasteiger partial charge in [0.2, 0.25) is 0 Å². The Bertz CT molecular complexity index is 269. The predicted octanol–water partition coefficient (Wildman–Crippen LogP) is 1.97. The van der Waals surface area contributed by atoms with Gasteiger partial charge in [0.15, 0.2) is 0 Å². The first-order valence-electron chi connectivity index (χ1n) is 5.21. The maximum atomic E-state index is 9.37. The average molecular weight is 263 g/mol. The van der Waals surface area contributed by atoms with Crippen LogP contribution in [0.15, 0.2) is 24.3 Å². The van der Waals surface area contributed by atoms with Crippen LogP contribution in [0.1, 0.15) is 11.1 Å². The molecule has 1 aromatic rings. The Kier molecular flexibility index (Phi) is 6.14. The van der Waals surface area contributed by atoms with Crippen LogP contribution >= 0.6 is 23.2 Å². The molecule has 0 radical (unpaired) electrons. The molecule has 2 nitrogen and oxygen atoms in total. The normalized spacial score (nSPS) is 14.8. The monoisotopic (exact) mass is 262 g/mol. The SMILES string of the molecule is OC(CCl)Cc1ccc(CC(O)CCl)cc1. The maximum Gasteiger partial charge on any atom is 0.0715 e. The van der Waals surface area contributed by atoms with Crippen molar-refractivity contribution < 1.29 is 10.2 Å². The summed E-state index contributed by atoms with van der Waals surface area (Å²) >= 11 is 11.0. The van der Waals surface area contributed by atoms with Gasteiger partial charge in [0.05, 0.1) is 12.2 Å². The molecule has 2 atom stereocenters. The first-order valence-corrected chi connectivity index (χ1v) is 6.28. The van der Waals surface area contributed by atoms with Crippen LogP contribution in [0, 0.1) is 0 Å². The number of aliphatic hydroxyl groups is 2. The number of alkyl halides is 2. The van der Waals surface area contributed by atoms with Crippen molar-refractivity contribution in [3.63, 3.8) is 0 Å². The van der Waals surface area contributed by atoms with E-state index in [4.69, 9.17) is 23.2 Å². The summed E-state index contributed by atoms with van der Waals surface area (Å²) in [4.78, 5) is 0. The van der Waals surface area contributed by atoms with Gasteiger partial charge < -0.3 is 10.2 Å². The zero-order chi connectivity index (χ0) is 12.0. The lowest BCUT2D eigenvalue weighted by Gasteiger charge is -2.09. The van der Waals surface area contributed by atoms with Gasteiger partial charge in [-0.3, -0.25) is 0 Å². The van der Waals surface area contributed by atoms with E-state index in [2.05, 4.69) is 0 Å². The molecule has 0 bridgehead atoms. The fourth-order valence-corrected chi connectivity index (χ4v) is 1.68. The summed E-state index contributed by atoms with van der Waals surface area (Å²) in [5, 5.41) is 18.7. The quantitative estimate of drug-likeness (QED) is 0.770. The van der Waals surface area contributed by atoms with Crippen molar-refractivity contribution in [3.8, 4) is 0 Å². The van der Waals surface area contributed by atoms with E-state index in [0.717, 1.165) is 11.1 Å². The van der Waals surface area contributed by atoms with E-state index >= 15 is 0 Å². The van der Waals surface area contributed by atoms with Crippen molar-refractivity contribution in [2.75, 3.05) is 11.8 Å². The van der Waals surface area contributed by atoms with E-state index < -0.39 is 12.2 Å². The Morgan fingerprint density at radius 2 is 1.12 bits per heavy atom. The van der Waals surface area contributed by atoms with Crippen LogP contribution < -0.4 is 0 Å². The minimum absolute atomic E-state index is 0.243. The fraction of sp³-hybridized carbons (Fsp3) is 0.500. The van der Waals surface area contributed by atoms with Gasteiger partial charge in [0.25, 0.3) is 0 Å². The maximum absolute atomic E-state index is 9.37. The minimum Gasteiger partial charge on any atom is -0.392 e. The highest BCUT2D eigenvalue weighted by Crippen LogP contribution is 2.10. The van der Waals surface area contributed by atoms with Gasteiger partial charge in [-0.1, -0.05) is 24.3 Å². The van der Waals surface area contributed by atoms with Crippen molar-refractivity contribution in [2.24, 2.45) is 0 Å². The predicted molar refractivity (Wildman–Crippen MR) is 67.3 cm³/mol. The Balaban J connectivity index is 2.54. The molecule has 0 saturated heterocycles. The second-order valence-corrected chi connectivity index (χ2v) is 4.46. The first kappa shape index (κ1) is 13.8. The molecular formula is C12H16Cl2O2. The second-order valence-electron chi connectivity index (χ2n) is 3.84. The van der Waals surface area contributed by atoms with Crippen molar-refractivity contribution in [3.05, 3.63) is 35.4 Å². The number of hydrogen-bond donors (Lipinski definition) is 2. The Labute approximate surface area is 106 Å². The molecule has 0 heterocycles. The van der Waals surface area contributed by atoms with Crippen molar-refractivity contribution in [1.82, 2.24) is 0 Å². The zero-order valence-electron chi connectivity index (χ0n) is 8.94. The number of halogens is 2. The molecule has 0 aliphatic carbocycles. The molecule has 16 heavy (non-hydrogen) atoms. The molecule has 4 heteroatoms. The lowest BCUT2D eigenvalue weighted by atomic mass is 10.0. The van der Waals surface area contributed by atoms with Crippen LogP contribution in [0.5, 0.6) is 0 Å². The van der Waals surface area contributed by atoms with Crippen LogP contribution in [-0.4, -0.2) is 34.2 Å². The summed E-state index contributed by atoms with van der Waals surface area (Å²) in [6.45, 7) is 0. The van der Waals surface area contributed by atoms with E-state index in [0.29, 0.717) is 12.8 Å². The van der Waals surface area contributed by atoms with Gasteiger partial charge in [-0.05, 0) is 24.0 Å². The van der Waals surface area contributed by atoms with Gasteiger partial charge >= 0.3 is 0 Å². The van der Waals surface area contributed by atoms with Crippen molar-refractivity contribution in [1.29, 1.82) is 0 Å². The molecule has 0 fully saturated rings. The topological polar surface area (TPSA) is 40.5 Å². The van der Waals surface area contributed by atoms with Crippen LogP contribution in [0.4, 0.5) is 0 Å². The van der Waals surface area contributed by atoms with Gasteiger partial charge in [-0.15, -0.1) is 23.2 Å². The third-order valence-corrected chi connectivity index (χ3v) is 3.03. The van der Waals surface area contributed by atoms with Crippen LogP contribution in [0.3, 0.4) is 0 Å². The van der Waals surface area contributed by atoms with Crippen molar-refractivity contribution >= 4 is 23.2 Å². The van der Waals surface area contributed by atoms with E-state index in [-0.39, 0.29) is 11.8 Å². The average Bonchev–Trinajstić information content (AvgIpc) is 2.31. The highest BCUT2D eigenvalue weighted by molar-refractivity contribution is 6.18. The summed E-state index contributed by atoms with van der Waals surface area (Å²) in [5.41, 5.74) is 2.08. The van der Waals surface area contributed by atoms with Gasteiger partial charge in [-0.2, -0.15) is 0 Å². The number of rotatable bonds is 6. The first-order chi connectivity index (χ1) is 7.65. The molecule has 1 rings (SSSR count). The highest BCUT2D eigenvalue weighted by atomic mass is 35.5. The third-order valence-electron chi connectivity index (χ3n) is 2.32. The Morgan fingerprint density at radius 1 is 0.812 bits per heavy atom. The Hall–Kier alpha value is -0.280. The molecule has 0 amide bonds. The van der Waals surface area contributed by atoms with E-state index in [9.17, 15) is 10.2 Å². The standard InChI is InChI=1S/C12H16Cl2O2/c13-7-11(15)5-9-1-2-10(4-3-9)6-12(16)8-14/h1-4,11-12,15-16H,5-8H2. The molecular weight excluding hydrogens is 247 g/mol. The smallest absolute Gasteiger partial charge is 0.0715 e. The summed E-state index contributed by atoms with van der Waals surface area (Å²) < 4.78 is 0. The molecule has 1 aromatic carbocycles. The molecule has 0 aliphatic heterocycles. The Morgan fingerprint density at radius 3 is 1.38 bits per heavy atom. The molecule has 2 N–H and O–H groups in total.